The van der Waals surface area contributed by atoms with Gasteiger partial charge < -0.3 is 9.84 Å². The number of hydrogen-bond acceptors (Lipinski definition) is 5. The lowest BCUT2D eigenvalue weighted by atomic mass is 10.1. The first-order valence-corrected chi connectivity index (χ1v) is 6.26. The average Bonchev–Trinajstić information content (AvgIpc) is 2.84. The maximum absolute atomic E-state index is 11.1. The highest BCUT2D eigenvalue weighted by molar-refractivity contribution is 5.86. The number of carboxylic acid groups (broad SMARTS) is 1. The monoisotopic (exact) mass is 286 g/mol. The number of benzene rings is 1. The number of carbonyl (C=O) groups is 1. The number of aromatic nitrogens is 3. The largest absolute Gasteiger partial charge is 0.487 e. The number of aromatic carboxylic acids is 1. The van der Waals surface area contributed by atoms with Crippen molar-refractivity contribution in [3.8, 4) is 11.8 Å². The molecule has 7 heteroatoms. The summed E-state index contributed by atoms with van der Waals surface area (Å²) in [5.74, 6) is -0.533. The van der Waals surface area contributed by atoms with Crippen molar-refractivity contribution in [1.82, 2.24) is 15.0 Å². The quantitative estimate of drug-likeness (QED) is 0.897. The maximum atomic E-state index is 11.1. The molecule has 2 aromatic rings. The normalized spacial score (nSPS) is 10.1. The second kappa shape index (κ2) is 6.05. The summed E-state index contributed by atoms with van der Waals surface area (Å²) in [6, 6.07) is 7.54. The Morgan fingerprint density at radius 2 is 2.24 bits per heavy atom. The SMILES string of the molecule is Cc1cccc(OCc2c(C(=O)O)nnn2CC#N)c1C. The van der Waals surface area contributed by atoms with Gasteiger partial charge in [0, 0.05) is 0 Å². The Morgan fingerprint density at radius 3 is 2.90 bits per heavy atom. The molecule has 1 heterocycles. The highest BCUT2D eigenvalue weighted by Crippen LogP contribution is 2.22. The van der Waals surface area contributed by atoms with Gasteiger partial charge in [-0.15, -0.1) is 5.10 Å². The zero-order valence-electron chi connectivity index (χ0n) is 11.7. The van der Waals surface area contributed by atoms with Crippen molar-refractivity contribution < 1.29 is 14.6 Å². The minimum atomic E-state index is -1.20. The summed E-state index contributed by atoms with van der Waals surface area (Å²) < 4.78 is 6.90. The van der Waals surface area contributed by atoms with Crippen LogP contribution in [0.15, 0.2) is 18.2 Å². The lowest BCUT2D eigenvalue weighted by Crippen LogP contribution is -2.11. The fourth-order valence-corrected chi connectivity index (χ4v) is 1.86. The number of carboxylic acids is 1. The van der Waals surface area contributed by atoms with Gasteiger partial charge in [-0.1, -0.05) is 17.3 Å². The fourth-order valence-electron chi connectivity index (χ4n) is 1.86. The van der Waals surface area contributed by atoms with E-state index in [0.29, 0.717) is 5.75 Å². The van der Waals surface area contributed by atoms with Crippen molar-refractivity contribution >= 4 is 5.97 Å². The van der Waals surface area contributed by atoms with Crippen LogP contribution in [0, 0.1) is 25.2 Å². The zero-order chi connectivity index (χ0) is 15.4. The van der Waals surface area contributed by atoms with Crippen LogP contribution in [0.4, 0.5) is 0 Å². The predicted molar refractivity (Wildman–Crippen MR) is 72.8 cm³/mol. The van der Waals surface area contributed by atoms with Crippen molar-refractivity contribution in [1.29, 1.82) is 5.26 Å². The Morgan fingerprint density at radius 1 is 1.48 bits per heavy atom. The molecule has 1 aromatic heterocycles. The van der Waals surface area contributed by atoms with Crippen LogP contribution in [-0.2, 0) is 13.2 Å². The molecule has 7 nitrogen and oxygen atoms in total. The van der Waals surface area contributed by atoms with Crippen molar-refractivity contribution in [2.45, 2.75) is 27.0 Å². The average molecular weight is 286 g/mol. The summed E-state index contributed by atoms with van der Waals surface area (Å²) in [6.45, 7) is 3.80. The molecule has 0 amide bonds. The van der Waals surface area contributed by atoms with Gasteiger partial charge in [-0.05, 0) is 31.0 Å². The molecule has 0 saturated heterocycles. The maximum Gasteiger partial charge on any atom is 0.358 e. The second-order valence-electron chi connectivity index (χ2n) is 4.49. The number of nitriles is 1. The van der Waals surface area contributed by atoms with Crippen molar-refractivity contribution in [3.63, 3.8) is 0 Å². The van der Waals surface area contributed by atoms with E-state index in [-0.39, 0.29) is 24.5 Å². The van der Waals surface area contributed by atoms with Gasteiger partial charge in [0.2, 0.25) is 0 Å². The topological polar surface area (TPSA) is 101 Å². The van der Waals surface area contributed by atoms with E-state index in [1.54, 1.807) is 6.07 Å². The van der Waals surface area contributed by atoms with Crippen molar-refractivity contribution in [3.05, 3.63) is 40.7 Å². The molecule has 1 aromatic carbocycles. The van der Waals surface area contributed by atoms with E-state index in [4.69, 9.17) is 15.1 Å². The first-order valence-electron chi connectivity index (χ1n) is 6.26. The fraction of sp³-hybridized carbons (Fsp3) is 0.286. The van der Waals surface area contributed by atoms with Crippen LogP contribution in [0.1, 0.15) is 27.3 Å². The molecule has 0 saturated carbocycles. The third kappa shape index (κ3) is 3.00. The van der Waals surface area contributed by atoms with Gasteiger partial charge in [-0.25, -0.2) is 9.48 Å². The zero-order valence-corrected chi connectivity index (χ0v) is 11.7. The van der Waals surface area contributed by atoms with E-state index in [1.807, 2.05) is 32.0 Å². The molecule has 0 radical (unpaired) electrons. The van der Waals surface area contributed by atoms with Crippen LogP contribution >= 0.6 is 0 Å². The minimum Gasteiger partial charge on any atom is -0.487 e. The Labute approximate surface area is 121 Å². The lowest BCUT2D eigenvalue weighted by Gasteiger charge is -2.11. The van der Waals surface area contributed by atoms with E-state index >= 15 is 0 Å². The van der Waals surface area contributed by atoms with Crippen LogP contribution in [0.5, 0.6) is 5.75 Å². The van der Waals surface area contributed by atoms with Gasteiger partial charge >= 0.3 is 5.97 Å². The third-order valence-corrected chi connectivity index (χ3v) is 3.18. The summed E-state index contributed by atoms with van der Waals surface area (Å²) in [5, 5.41) is 25.1. The van der Waals surface area contributed by atoms with Crippen LogP contribution in [-0.4, -0.2) is 26.1 Å². The smallest absolute Gasteiger partial charge is 0.358 e. The van der Waals surface area contributed by atoms with E-state index in [2.05, 4.69) is 10.3 Å². The summed E-state index contributed by atoms with van der Waals surface area (Å²) in [4.78, 5) is 11.1. The minimum absolute atomic E-state index is 0.0133. The van der Waals surface area contributed by atoms with Crippen LogP contribution < -0.4 is 4.74 Å². The molecule has 0 bridgehead atoms. The molecule has 0 aliphatic carbocycles. The molecule has 21 heavy (non-hydrogen) atoms. The molecule has 0 atom stereocenters. The van der Waals surface area contributed by atoms with E-state index in [9.17, 15) is 4.79 Å². The first kappa shape index (κ1) is 14.5. The first-order chi connectivity index (χ1) is 10.0. The Hall–Kier alpha value is -2.88. The highest BCUT2D eigenvalue weighted by Gasteiger charge is 2.19. The number of hydrogen-bond donors (Lipinski definition) is 1. The molecule has 0 spiro atoms. The number of aryl methyl sites for hydroxylation is 1. The van der Waals surface area contributed by atoms with Gasteiger partial charge in [0.05, 0.1) is 6.07 Å². The second-order valence-corrected chi connectivity index (χ2v) is 4.49. The van der Waals surface area contributed by atoms with Crippen molar-refractivity contribution in [2.75, 3.05) is 0 Å². The molecule has 108 valence electrons. The molecule has 0 aliphatic heterocycles. The molecule has 2 rings (SSSR count). The summed E-state index contributed by atoms with van der Waals surface area (Å²) in [6.07, 6.45) is 0. The summed E-state index contributed by atoms with van der Waals surface area (Å²) in [7, 11) is 0. The van der Waals surface area contributed by atoms with Gasteiger partial charge in [0.1, 0.15) is 24.6 Å². The number of nitrogens with zero attached hydrogens (tertiary/aromatic N) is 4. The summed E-state index contributed by atoms with van der Waals surface area (Å²) >= 11 is 0. The Balaban J connectivity index is 2.27. The molecular weight excluding hydrogens is 272 g/mol. The van der Waals surface area contributed by atoms with Gasteiger partial charge in [0.25, 0.3) is 0 Å². The third-order valence-electron chi connectivity index (χ3n) is 3.18. The summed E-state index contributed by atoms with van der Waals surface area (Å²) in [5.41, 5.74) is 2.13. The molecule has 0 unspecified atom stereocenters. The van der Waals surface area contributed by atoms with Gasteiger partial charge in [-0.2, -0.15) is 5.26 Å². The molecular formula is C14H14N4O3. The number of ether oxygens (including phenoxy) is 1. The molecule has 0 aliphatic rings. The van der Waals surface area contributed by atoms with Crippen LogP contribution in [0.2, 0.25) is 0 Å². The number of rotatable bonds is 5. The standard InChI is InChI=1S/C14H14N4O3/c1-9-4-3-5-12(10(9)2)21-8-11-13(14(19)20)16-17-18(11)7-6-15/h3-5H,7-8H2,1-2H3,(H,19,20). The Bertz CT molecular complexity index is 715. The molecule has 0 fully saturated rings. The predicted octanol–water partition coefficient (Wildman–Crippen LogP) is 1.70. The van der Waals surface area contributed by atoms with E-state index in [0.717, 1.165) is 11.1 Å². The van der Waals surface area contributed by atoms with Gasteiger partial charge in [-0.3, -0.25) is 0 Å². The lowest BCUT2D eigenvalue weighted by molar-refractivity contribution is 0.0687. The van der Waals surface area contributed by atoms with E-state index < -0.39 is 5.97 Å². The van der Waals surface area contributed by atoms with Crippen molar-refractivity contribution in [2.24, 2.45) is 0 Å². The van der Waals surface area contributed by atoms with Crippen LogP contribution in [0.25, 0.3) is 0 Å². The Kier molecular flexibility index (Phi) is 4.18. The van der Waals surface area contributed by atoms with Gasteiger partial charge in [0.15, 0.2) is 5.69 Å². The highest BCUT2D eigenvalue weighted by atomic mass is 16.5. The van der Waals surface area contributed by atoms with E-state index in [1.165, 1.54) is 4.68 Å². The molecule has 1 N–H and O–H groups in total. The van der Waals surface area contributed by atoms with Crippen LogP contribution in [0.3, 0.4) is 0 Å².